The summed E-state index contributed by atoms with van der Waals surface area (Å²) in [5.74, 6) is 0. The maximum absolute atomic E-state index is 2.12. The van der Waals surface area contributed by atoms with E-state index in [0.29, 0.717) is 0 Å². The second-order valence-corrected chi connectivity index (χ2v) is 5.37. The summed E-state index contributed by atoms with van der Waals surface area (Å²) in [6, 6.07) is 0. The van der Waals surface area contributed by atoms with Gasteiger partial charge in [-0.15, -0.1) is 0 Å². The van der Waals surface area contributed by atoms with Crippen molar-refractivity contribution in [3.63, 3.8) is 0 Å². The molecule has 2 nitrogen and oxygen atoms in total. The molecule has 0 aromatic carbocycles. The van der Waals surface area contributed by atoms with Gasteiger partial charge in [0.15, 0.2) is 0 Å². The maximum atomic E-state index is 2.12. The third-order valence-electron chi connectivity index (χ3n) is 0. The Hall–Kier alpha value is 0.880. The van der Waals surface area contributed by atoms with Gasteiger partial charge < -0.3 is 42.9 Å². The first-order chi connectivity index (χ1) is 4.00. The summed E-state index contributed by atoms with van der Waals surface area (Å²) in [4.78, 5) is 0. The molecule has 0 amide bonds. The number of halogens is 2. The van der Waals surface area contributed by atoms with E-state index in [9.17, 15) is 0 Å². The minimum atomic E-state index is 0. The minimum absolute atomic E-state index is 0. The molecule has 0 saturated carbocycles. The lowest BCUT2D eigenvalue weighted by atomic mass is 10.8. The SMILES string of the molecule is C[N+](C)(C)C.C[N+](C)(C)C.[Br-].[Br-]. The van der Waals surface area contributed by atoms with Gasteiger partial charge in [-0.05, 0) is 0 Å². The zero-order chi connectivity index (χ0) is 9.00. The second-order valence-electron chi connectivity index (χ2n) is 5.37. The van der Waals surface area contributed by atoms with E-state index in [-0.39, 0.29) is 34.0 Å². The molecule has 0 atom stereocenters. The first-order valence-corrected chi connectivity index (χ1v) is 3.58. The molecule has 80 valence electrons. The summed E-state index contributed by atoms with van der Waals surface area (Å²) in [6.07, 6.45) is 0. The van der Waals surface area contributed by atoms with Gasteiger partial charge in [-0.25, -0.2) is 0 Å². The fraction of sp³-hybridized carbons (Fsp3) is 1.00. The Bertz CT molecular complexity index is 58.0. The van der Waals surface area contributed by atoms with Gasteiger partial charge in [-0.1, -0.05) is 0 Å². The Kier molecular flexibility index (Phi) is 16.3. The molecule has 0 rings (SSSR count). The van der Waals surface area contributed by atoms with Crippen LogP contribution >= 0.6 is 0 Å². The zero-order valence-corrected chi connectivity index (χ0v) is 12.8. The Labute approximate surface area is 99.3 Å². The van der Waals surface area contributed by atoms with Crippen molar-refractivity contribution >= 4 is 0 Å². The van der Waals surface area contributed by atoms with E-state index in [1.807, 2.05) is 0 Å². The first kappa shape index (κ1) is 23.1. The van der Waals surface area contributed by atoms with Crippen LogP contribution in [0.1, 0.15) is 0 Å². The van der Waals surface area contributed by atoms with Gasteiger partial charge in [-0.3, -0.25) is 0 Å². The third-order valence-corrected chi connectivity index (χ3v) is 0. The predicted octanol–water partition coefficient (Wildman–Crippen LogP) is -5.35. The first-order valence-electron chi connectivity index (χ1n) is 3.58. The summed E-state index contributed by atoms with van der Waals surface area (Å²) in [5, 5.41) is 0. The normalized spacial score (nSPS) is 10.0. The largest absolute Gasteiger partial charge is 1.00 e. The van der Waals surface area contributed by atoms with Crippen molar-refractivity contribution in [2.24, 2.45) is 0 Å². The molecule has 0 N–H and O–H groups in total. The monoisotopic (exact) mass is 306 g/mol. The van der Waals surface area contributed by atoms with E-state index in [1.54, 1.807) is 0 Å². The van der Waals surface area contributed by atoms with E-state index >= 15 is 0 Å². The molecule has 0 aliphatic carbocycles. The summed E-state index contributed by atoms with van der Waals surface area (Å²) >= 11 is 0. The fourth-order valence-corrected chi connectivity index (χ4v) is 0. The van der Waals surface area contributed by atoms with Crippen LogP contribution in [0.3, 0.4) is 0 Å². The molecule has 0 unspecified atom stereocenters. The highest BCUT2D eigenvalue weighted by Gasteiger charge is 1.88. The van der Waals surface area contributed by atoms with Gasteiger partial charge in [-0.2, -0.15) is 0 Å². The lowest BCUT2D eigenvalue weighted by Gasteiger charge is -2.14. The summed E-state index contributed by atoms with van der Waals surface area (Å²) < 4.78 is 2.00. The van der Waals surface area contributed by atoms with Crippen LogP contribution in [0.4, 0.5) is 0 Å². The number of rotatable bonds is 0. The fourth-order valence-electron chi connectivity index (χ4n) is 0. The predicted molar refractivity (Wildman–Crippen MR) is 47.9 cm³/mol. The van der Waals surface area contributed by atoms with Crippen LogP contribution in [0.5, 0.6) is 0 Å². The number of hydrogen-bond acceptors (Lipinski definition) is 0. The van der Waals surface area contributed by atoms with Crippen LogP contribution < -0.4 is 34.0 Å². The Morgan fingerprint density at radius 1 is 0.417 bits per heavy atom. The van der Waals surface area contributed by atoms with Crippen LogP contribution in [0.2, 0.25) is 0 Å². The standard InChI is InChI=1S/2C4H12N.2BrH/c2*1-5(2,3)4;;/h2*1-4H3;2*1H/q2*+1;;/p-2. The molecular formula is C8H24Br2N2. The van der Waals surface area contributed by atoms with E-state index in [4.69, 9.17) is 0 Å². The van der Waals surface area contributed by atoms with E-state index in [2.05, 4.69) is 56.4 Å². The summed E-state index contributed by atoms with van der Waals surface area (Å²) in [6.45, 7) is 0. The molecule has 0 radical (unpaired) electrons. The van der Waals surface area contributed by atoms with Crippen molar-refractivity contribution in [2.45, 2.75) is 0 Å². The van der Waals surface area contributed by atoms with Crippen molar-refractivity contribution in [1.29, 1.82) is 0 Å². The molecule has 4 heteroatoms. The Morgan fingerprint density at radius 3 is 0.417 bits per heavy atom. The number of quaternary nitrogens is 2. The maximum Gasteiger partial charge on any atom is 0.0675 e. The van der Waals surface area contributed by atoms with Gasteiger partial charge in [0.1, 0.15) is 0 Å². The molecule has 0 aromatic heterocycles. The molecule has 0 saturated heterocycles. The van der Waals surface area contributed by atoms with E-state index in [0.717, 1.165) is 8.97 Å². The number of hydrogen-bond donors (Lipinski definition) is 0. The van der Waals surface area contributed by atoms with Crippen molar-refractivity contribution in [3.05, 3.63) is 0 Å². The quantitative estimate of drug-likeness (QED) is 0.392. The van der Waals surface area contributed by atoms with Crippen LogP contribution in [0.15, 0.2) is 0 Å². The third kappa shape index (κ3) is 1370. The molecule has 0 aromatic rings. The molecular weight excluding hydrogens is 284 g/mol. The Balaban J connectivity index is -0.0000000457. The number of nitrogens with zero attached hydrogens (tertiary/aromatic N) is 2. The van der Waals surface area contributed by atoms with Crippen LogP contribution in [0, 0.1) is 0 Å². The summed E-state index contributed by atoms with van der Waals surface area (Å²) in [5.41, 5.74) is 0. The molecule has 0 aliphatic rings. The average molecular weight is 308 g/mol. The molecule has 0 spiro atoms. The molecule has 12 heavy (non-hydrogen) atoms. The van der Waals surface area contributed by atoms with Crippen LogP contribution in [-0.2, 0) is 0 Å². The van der Waals surface area contributed by atoms with Gasteiger partial charge in [0.05, 0.1) is 56.4 Å². The minimum Gasteiger partial charge on any atom is -1.00 e. The van der Waals surface area contributed by atoms with Crippen LogP contribution in [0.25, 0.3) is 0 Å². The second kappa shape index (κ2) is 8.48. The lowest BCUT2D eigenvalue weighted by Crippen LogP contribution is -3.00. The van der Waals surface area contributed by atoms with Gasteiger partial charge in [0, 0.05) is 0 Å². The zero-order valence-electron chi connectivity index (χ0n) is 9.65. The molecule has 0 heterocycles. The highest BCUT2D eigenvalue weighted by Crippen LogP contribution is 1.74. The van der Waals surface area contributed by atoms with Gasteiger partial charge in [0.2, 0.25) is 0 Å². The molecule has 0 aliphatic heterocycles. The highest BCUT2D eigenvalue weighted by atomic mass is 79.9. The summed E-state index contributed by atoms with van der Waals surface area (Å²) in [7, 11) is 17.0. The van der Waals surface area contributed by atoms with Crippen molar-refractivity contribution in [3.8, 4) is 0 Å². The molecule has 0 bridgehead atoms. The lowest BCUT2D eigenvalue weighted by molar-refractivity contribution is -0.849. The van der Waals surface area contributed by atoms with E-state index < -0.39 is 0 Å². The highest BCUT2D eigenvalue weighted by molar-refractivity contribution is 3.87. The van der Waals surface area contributed by atoms with Crippen molar-refractivity contribution in [1.82, 2.24) is 0 Å². The topological polar surface area (TPSA) is 0 Å². The van der Waals surface area contributed by atoms with E-state index in [1.165, 1.54) is 0 Å². The smallest absolute Gasteiger partial charge is 0.0675 e. The van der Waals surface area contributed by atoms with Gasteiger partial charge in [0.25, 0.3) is 0 Å². The van der Waals surface area contributed by atoms with Crippen LogP contribution in [-0.4, -0.2) is 65.3 Å². The molecule has 0 fully saturated rings. The average Bonchev–Trinajstić information content (AvgIpc) is 1.12. The van der Waals surface area contributed by atoms with Crippen molar-refractivity contribution < 1.29 is 42.9 Å². The van der Waals surface area contributed by atoms with Gasteiger partial charge >= 0.3 is 0 Å². The Morgan fingerprint density at radius 2 is 0.417 bits per heavy atom. The van der Waals surface area contributed by atoms with Crippen molar-refractivity contribution in [2.75, 3.05) is 56.4 Å².